The molecular weight excluding hydrogens is 461 g/mol. The molecule has 0 unspecified atom stereocenters. The SMILES string of the molecule is CNC(=O)c1ccc(N2CCN(Cc3ccc4c(c3F)CC(=O)C(C(F)(F)F)=N4)CC2)c(F)n1. The van der Waals surface area contributed by atoms with Crippen LogP contribution >= 0.6 is 0 Å². The summed E-state index contributed by atoms with van der Waals surface area (Å²) in [6.07, 6.45) is -5.58. The third kappa shape index (κ3) is 4.63. The molecule has 0 saturated carbocycles. The second kappa shape index (κ2) is 9.09. The van der Waals surface area contributed by atoms with Crippen LogP contribution in [0.1, 0.15) is 21.6 Å². The van der Waals surface area contributed by atoms with Crippen LogP contribution in [0.25, 0.3) is 0 Å². The van der Waals surface area contributed by atoms with Gasteiger partial charge in [0.15, 0.2) is 11.5 Å². The Morgan fingerprint density at radius 3 is 2.41 bits per heavy atom. The Kier molecular flexibility index (Phi) is 6.34. The highest BCUT2D eigenvalue weighted by Crippen LogP contribution is 2.33. The van der Waals surface area contributed by atoms with E-state index in [0.29, 0.717) is 26.2 Å². The van der Waals surface area contributed by atoms with Crippen LogP contribution in [0.15, 0.2) is 29.3 Å². The number of rotatable bonds is 4. The minimum absolute atomic E-state index is 0.0320. The maximum Gasteiger partial charge on any atom is 0.436 e. The smallest absolute Gasteiger partial charge is 0.365 e. The summed E-state index contributed by atoms with van der Waals surface area (Å²) >= 11 is 0. The fraction of sp³-hybridized carbons (Fsp3) is 0.364. The van der Waals surface area contributed by atoms with Crippen molar-refractivity contribution in [3.8, 4) is 0 Å². The van der Waals surface area contributed by atoms with Gasteiger partial charge in [-0.15, -0.1) is 0 Å². The number of hydrogen-bond acceptors (Lipinski definition) is 6. The van der Waals surface area contributed by atoms with Gasteiger partial charge in [0.25, 0.3) is 5.91 Å². The lowest BCUT2D eigenvalue weighted by atomic mass is 9.97. The average Bonchev–Trinajstić information content (AvgIpc) is 2.80. The Morgan fingerprint density at radius 2 is 1.79 bits per heavy atom. The Morgan fingerprint density at radius 1 is 1.09 bits per heavy atom. The monoisotopic (exact) mass is 481 g/mol. The molecular formula is C22H20F5N5O2. The number of Topliss-reactive ketones (excluding diaryl/α,β-unsaturated/α-hetero) is 1. The quantitative estimate of drug-likeness (QED) is 0.537. The van der Waals surface area contributed by atoms with E-state index < -0.39 is 41.8 Å². The highest BCUT2D eigenvalue weighted by Gasteiger charge is 2.43. The summed E-state index contributed by atoms with van der Waals surface area (Å²) < 4.78 is 68.2. The normalized spacial score (nSPS) is 16.8. The molecule has 0 radical (unpaired) electrons. The summed E-state index contributed by atoms with van der Waals surface area (Å²) in [7, 11) is 1.42. The second-order valence-corrected chi connectivity index (χ2v) is 7.94. The minimum Gasteiger partial charge on any atom is -0.365 e. The summed E-state index contributed by atoms with van der Waals surface area (Å²) in [5.74, 6) is -3.26. The molecule has 2 aliphatic heterocycles. The number of fused-ring (bicyclic) bond motifs is 1. The van der Waals surface area contributed by atoms with Gasteiger partial charge >= 0.3 is 6.18 Å². The molecule has 0 bridgehead atoms. The van der Waals surface area contributed by atoms with Crippen LogP contribution in [-0.4, -0.2) is 66.7 Å². The first-order chi connectivity index (χ1) is 16.1. The first kappa shape index (κ1) is 23.7. The molecule has 0 atom stereocenters. The van der Waals surface area contributed by atoms with E-state index in [1.807, 2.05) is 4.90 Å². The molecule has 1 aromatic heterocycles. The van der Waals surface area contributed by atoms with Crippen LogP contribution in [-0.2, 0) is 17.8 Å². The van der Waals surface area contributed by atoms with E-state index in [4.69, 9.17) is 0 Å². The van der Waals surface area contributed by atoms with Crippen molar-refractivity contribution < 1.29 is 31.5 Å². The number of pyridine rings is 1. The second-order valence-electron chi connectivity index (χ2n) is 7.94. The minimum atomic E-state index is -4.89. The Balaban J connectivity index is 1.44. The number of halogens is 5. The number of piperazine rings is 1. The highest BCUT2D eigenvalue weighted by atomic mass is 19.4. The molecule has 2 aliphatic rings. The average molecular weight is 481 g/mol. The van der Waals surface area contributed by atoms with Gasteiger partial charge in [0.05, 0.1) is 11.4 Å². The Hall–Kier alpha value is -3.41. The van der Waals surface area contributed by atoms with Crippen molar-refractivity contribution in [1.82, 2.24) is 15.2 Å². The van der Waals surface area contributed by atoms with Crippen molar-refractivity contribution in [3.63, 3.8) is 0 Å². The predicted octanol–water partition coefficient (Wildman–Crippen LogP) is 2.80. The van der Waals surface area contributed by atoms with Crippen LogP contribution in [0.5, 0.6) is 0 Å². The van der Waals surface area contributed by atoms with Gasteiger partial charge in [-0.1, -0.05) is 6.07 Å². The van der Waals surface area contributed by atoms with E-state index in [0.717, 1.165) is 0 Å². The highest BCUT2D eigenvalue weighted by molar-refractivity contribution is 6.43. The van der Waals surface area contributed by atoms with Gasteiger partial charge in [0.1, 0.15) is 11.5 Å². The van der Waals surface area contributed by atoms with Crippen LogP contribution < -0.4 is 10.2 Å². The molecule has 180 valence electrons. The number of amides is 1. The molecule has 1 amide bonds. The number of carbonyl (C=O) groups excluding carboxylic acids is 2. The molecule has 0 aliphatic carbocycles. The third-order valence-corrected chi connectivity index (χ3v) is 5.80. The zero-order valence-electron chi connectivity index (χ0n) is 18.0. The van der Waals surface area contributed by atoms with Crippen molar-refractivity contribution in [2.45, 2.75) is 19.1 Å². The summed E-state index contributed by atoms with van der Waals surface area (Å²) in [6, 6.07) is 5.57. The molecule has 1 saturated heterocycles. The van der Waals surface area contributed by atoms with E-state index in [1.54, 1.807) is 4.90 Å². The van der Waals surface area contributed by atoms with Gasteiger partial charge in [-0.2, -0.15) is 17.6 Å². The number of alkyl halides is 3. The largest absolute Gasteiger partial charge is 0.436 e. The molecule has 4 rings (SSSR count). The van der Waals surface area contributed by atoms with Crippen LogP contribution in [0.3, 0.4) is 0 Å². The fourth-order valence-corrected chi connectivity index (χ4v) is 4.01. The standard InChI is InChI=1S/C22H20F5N5O2/c1-28-21(34)15-4-5-16(20(24)30-15)32-8-6-31(7-9-32)11-12-2-3-14-13(18(12)23)10-17(33)19(29-14)22(25,26)27/h2-5H,6-11H2,1H3,(H,28,34). The van der Waals surface area contributed by atoms with Gasteiger partial charge in [0, 0.05) is 57.3 Å². The molecule has 2 aromatic rings. The fourth-order valence-electron chi connectivity index (χ4n) is 4.01. The van der Waals surface area contributed by atoms with Crippen molar-refractivity contribution in [3.05, 3.63) is 52.9 Å². The molecule has 0 spiro atoms. The maximum atomic E-state index is 15.0. The first-order valence-electron chi connectivity index (χ1n) is 10.4. The summed E-state index contributed by atoms with van der Waals surface area (Å²) in [4.78, 5) is 34.1. The summed E-state index contributed by atoms with van der Waals surface area (Å²) in [6.45, 7) is 1.93. The molecule has 12 heteroatoms. The van der Waals surface area contributed by atoms with Crippen molar-refractivity contribution in [2.24, 2.45) is 4.99 Å². The number of ketones is 1. The van der Waals surface area contributed by atoms with Gasteiger partial charge < -0.3 is 10.2 Å². The Labute approximate surface area is 191 Å². The summed E-state index contributed by atoms with van der Waals surface area (Å²) in [5.41, 5.74) is -1.39. The lowest BCUT2D eigenvalue weighted by Crippen LogP contribution is -2.46. The van der Waals surface area contributed by atoms with Gasteiger partial charge in [-0.25, -0.2) is 14.4 Å². The molecule has 7 nitrogen and oxygen atoms in total. The van der Waals surface area contributed by atoms with E-state index in [-0.39, 0.29) is 34.7 Å². The van der Waals surface area contributed by atoms with Gasteiger partial charge in [0.2, 0.25) is 5.95 Å². The zero-order chi connectivity index (χ0) is 24.6. The van der Waals surface area contributed by atoms with Crippen molar-refractivity contribution in [2.75, 3.05) is 38.1 Å². The number of carbonyl (C=O) groups is 2. The van der Waals surface area contributed by atoms with Crippen LogP contribution in [0, 0.1) is 11.8 Å². The summed E-state index contributed by atoms with van der Waals surface area (Å²) in [5, 5.41) is 2.38. The van der Waals surface area contributed by atoms with Gasteiger partial charge in [-0.3, -0.25) is 14.5 Å². The van der Waals surface area contributed by atoms with E-state index in [1.165, 1.54) is 31.3 Å². The van der Waals surface area contributed by atoms with E-state index in [2.05, 4.69) is 15.3 Å². The van der Waals surface area contributed by atoms with E-state index >= 15 is 4.39 Å². The number of benzene rings is 1. The number of nitrogens with one attached hydrogen (secondary N) is 1. The van der Waals surface area contributed by atoms with Gasteiger partial charge in [-0.05, 0) is 18.2 Å². The molecule has 1 fully saturated rings. The lowest BCUT2D eigenvalue weighted by molar-refractivity contribution is -0.117. The number of anilines is 1. The van der Waals surface area contributed by atoms with E-state index in [9.17, 15) is 27.2 Å². The van der Waals surface area contributed by atoms with Crippen molar-refractivity contribution >= 4 is 28.8 Å². The Bertz CT molecular complexity index is 1170. The molecule has 3 heterocycles. The number of hydrogen-bond donors (Lipinski definition) is 1. The van der Waals surface area contributed by atoms with Crippen LogP contribution in [0.2, 0.25) is 0 Å². The third-order valence-electron chi connectivity index (χ3n) is 5.80. The number of nitrogens with zero attached hydrogens (tertiary/aromatic N) is 4. The molecule has 1 N–H and O–H groups in total. The molecule has 34 heavy (non-hydrogen) atoms. The number of aliphatic imine (C=N–C) groups is 1. The first-order valence-corrected chi connectivity index (χ1v) is 10.4. The number of aromatic nitrogens is 1. The van der Waals surface area contributed by atoms with Crippen LogP contribution in [0.4, 0.5) is 33.3 Å². The maximum absolute atomic E-state index is 15.0. The van der Waals surface area contributed by atoms with Crippen molar-refractivity contribution in [1.29, 1.82) is 0 Å². The predicted molar refractivity (Wildman–Crippen MR) is 113 cm³/mol. The zero-order valence-corrected chi connectivity index (χ0v) is 18.0. The topological polar surface area (TPSA) is 77.9 Å². The molecule has 1 aromatic carbocycles. The lowest BCUT2D eigenvalue weighted by Gasteiger charge is -2.36.